The van der Waals surface area contributed by atoms with Crippen LogP contribution in [0.5, 0.6) is 0 Å². The SMILES string of the molecule is CCn1c(=O)n(CC2CCN(C(=O)C(C)n3cccn3)CC2)c2ncccc21. The minimum absolute atomic E-state index is 0.00186. The number of hydrogen-bond donors (Lipinski definition) is 0. The van der Waals surface area contributed by atoms with E-state index in [0.717, 1.165) is 24.0 Å². The maximum Gasteiger partial charge on any atom is 0.330 e. The second-order valence-electron chi connectivity index (χ2n) is 7.41. The van der Waals surface area contributed by atoms with Gasteiger partial charge in [0.25, 0.3) is 0 Å². The summed E-state index contributed by atoms with van der Waals surface area (Å²) in [6.07, 6.45) is 7.01. The molecular weight excluding hydrogens is 356 g/mol. The third-order valence-corrected chi connectivity index (χ3v) is 5.74. The van der Waals surface area contributed by atoms with Gasteiger partial charge in [-0.3, -0.25) is 18.6 Å². The van der Waals surface area contributed by atoms with Gasteiger partial charge in [0.05, 0.1) is 5.52 Å². The summed E-state index contributed by atoms with van der Waals surface area (Å²) in [5.41, 5.74) is 1.64. The predicted octanol–water partition coefficient (Wildman–Crippen LogP) is 1.91. The number of carbonyl (C=O) groups excluding carboxylic acids is 1. The zero-order chi connectivity index (χ0) is 19.7. The summed E-state index contributed by atoms with van der Waals surface area (Å²) in [7, 11) is 0. The van der Waals surface area contributed by atoms with E-state index in [1.807, 2.05) is 43.1 Å². The lowest BCUT2D eigenvalue weighted by molar-refractivity contribution is -0.136. The first kappa shape index (κ1) is 18.5. The van der Waals surface area contributed by atoms with E-state index in [4.69, 9.17) is 0 Å². The summed E-state index contributed by atoms with van der Waals surface area (Å²) in [5, 5.41) is 4.17. The van der Waals surface area contributed by atoms with Gasteiger partial charge in [-0.15, -0.1) is 0 Å². The van der Waals surface area contributed by atoms with E-state index in [-0.39, 0.29) is 17.6 Å². The van der Waals surface area contributed by atoms with Crippen molar-refractivity contribution in [2.45, 2.75) is 45.8 Å². The number of fused-ring (bicyclic) bond motifs is 1. The quantitative estimate of drug-likeness (QED) is 0.675. The number of pyridine rings is 1. The van der Waals surface area contributed by atoms with Crippen molar-refractivity contribution in [3.05, 3.63) is 47.3 Å². The van der Waals surface area contributed by atoms with Gasteiger partial charge in [-0.25, -0.2) is 9.78 Å². The Kier molecular flexibility index (Phi) is 5.02. The molecule has 0 bridgehead atoms. The van der Waals surface area contributed by atoms with Crippen molar-refractivity contribution in [3.8, 4) is 0 Å². The molecule has 8 heteroatoms. The van der Waals surface area contributed by atoms with Crippen molar-refractivity contribution >= 4 is 17.1 Å². The van der Waals surface area contributed by atoms with Gasteiger partial charge < -0.3 is 4.90 Å². The summed E-state index contributed by atoms with van der Waals surface area (Å²) >= 11 is 0. The van der Waals surface area contributed by atoms with E-state index in [1.165, 1.54) is 0 Å². The van der Waals surface area contributed by atoms with E-state index >= 15 is 0 Å². The number of likely N-dealkylation sites (tertiary alicyclic amines) is 1. The van der Waals surface area contributed by atoms with Crippen LogP contribution in [0.15, 0.2) is 41.6 Å². The summed E-state index contributed by atoms with van der Waals surface area (Å²) in [4.78, 5) is 31.9. The molecule has 3 aromatic rings. The number of aromatic nitrogens is 5. The first-order chi connectivity index (χ1) is 13.6. The largest absolute Gasteiger partial charge is 0.341 e. The van der Waals surface area contributed by atoms with Crippen LogP contribution in [0.3, 0.4) is 0 Å². The molecule has 1 fully saturated rings. The van der Waals surface area contributed by atoms with Crippen LogP contribution >= 0.6 is 0 Å². The Morgan fingerprint density at radius 1 is 1.21 bits per heavy atom. The summed E-state index contributed by atoms with van der Waals surface area (Å²) in [6.45, 7) is 6.56. The lowest BCUT2D eigenvalue weighted by Gasteiger charge is -2.33. The second kappa shape index (κ2) is 7.61. The molecule has 0 saturated carbocycles. The Morgan fingerprint density at radius 2 is 2.00 bits per heavy atom. The average Bonchev–Trinajstić information content (AvgIpc) is 3.35. The third-order valence-electron chi connectivity index (χ3n) is 5.74. The minimum atomic E-state index is -0.291. The molecule has 1 atom stereocenters. The highest BCUT2D eigenvalue weighted by atomic mass is 16.2. The number of imidazole rings is 1. The Labute approximate surface area is 163 Å². The van der Waals surface area contributed by atoms with Crippen molar-refractivity contribution in [1.82, 2.24) is 28.8 Å². The Morgan fingerprint density at radius 3 is 2.68 bits per heavy atom. The summed E-state index contributed by atoms with van der Waals surface area (Å²) < 4.78 is 5.26. The van der Waals surface area contributed by atoms with Crippen LogP contribution in [-0.2, 0) is 17.9 Å². The second-order valence-corrected chi connectivity index (χ2v) is 7.41. The highest BCUT2D eigenvalue weighted by molar-refractivity contribution is 5.80. The average molecular weight is 382 g/mol. The van der Waals surface area contributed by atoms with E-state index < -0.39 is 0 Å². The Balaban J connectivity index is 1.44. The molecule has 8 nitrogen and oxygen atoms in total. The van der Waals surface area contributed by atoms with E-state index in [2.05, 4.69) is 10.1 Å². The Hall–Kier alpha value is -2.90. The highest BCUT2D eigenvalue weighted by Crippen LogP contribution is 2.22. The fourth-order valence-electron chi connectivity index (χ4n) is 4.10. The standard InChI is InChI=1S/C20H26N6O2/c1-3-24-17-6-4-9-21-18(17)25(20(24)28)14-16-7-12-23(13-8-16)19(27)15(2)26-11-5-10-22-26/h4-6,9-11,15-16H,3,7-8,12-14H2,1-2H3. The fraction of sp³-hybridized carbons (Fsp3) is 0.500. The fourth-order valence-corrected chi connectivity index (χ4v) is 4.10. The highest BCUT2D eigenvalue weighted by Gasteiger charge is 2.28. The molecule has 4 heterocycles. The molecule has 0 aliphatic carbocycles. The van der Waals surface area contributed by atoms with Crippen molar-refractivity contribution in [2.24, 2.45) is 5.92 Å². The molecule has 1 aliphatic heterocycles. The molecule has 0 spiro atoms. The molecule has 0 N–H and O–H groups in total. The summed E-state index contributed by atoms with van der Waals surface area (Å²) in [5.74, 6) is 0.461. The Bertz CT molecular complexity index is 1010. The molecule has 3 aromatic heterocycles. The topological polar surface area (TPSA) is 78.0 Å². The van der Waals surface area contributed by atoms with E-state index in [9.17, 15) is 9.59 Å². The third kappa shape index (κ3) is 3.23. The van der Waals surface area contributed by atoms with Gasteiger partial charge in [-0.1, -0.05) is 0 Å². The number of rotatable bonds is 5. The molecule has 0 aromatic carbocycles. The lowest BCUT2D eigenvalue weighted by Crippen LogP contribution is -2.43. The van der Waals surface area contributed by atoms with Gasteiger partial charge in [-0.2, -0.15) is 5.10 Å². The van der Waals surface area contributed by atoms with Gasteiger partial charge >= 0.3 is 5.69 Å². The maximum atomic E-state index is 12.8. The van der Waals surface area contributed by atoms with Crippen LogP contribution in [0, 0.1) is 5.92 Å². The van der Waals surface area contributed by atoms with Crippen molar-refractivity contribution in [1.29, 1.82) is 0 Å². The zero-order valence-corrected chi connectivity index (χ0v) is 16.4. The van der Waals surface area contributed by atoms with Crippen LogP contribution in [0.1, 0.15) is 32.7 Å². The van der Waals surface area contributed by atoms with Crippen LogP contribution < -0.4 is 5.69 Å². The number of carbonyl (C=O) groups is 1. The van der Waals surface area contributed by atoms with Crippen LogP contribution in [0.25, 0.3) is 11.2 Å². The smallest absolute Gasteiger partial charge is 0.330 e. The van der Waals surface area contributed by atoms with Crippen LogP contribution in [0.2, 0.25) is 0 Å². The predicted molar refractivity (Wildman–Crippen MR) is 106 cm³/mol. The van der Waals surface area contributed by atoms with Crippen molar-refractivity contribution in [2.75, 3.05) is 13.1 Å². The normalized spacial score (nSPS) is 16.6. The first-order valence-electron chi connectivity index (χ1n) is 9.92. The molecule has 148 valence electrons. The number of aryl methyl sites for hydroxylation is 1. The van der Waals surface area contributed by atoms with Gasteiger partial charge in [-0.05, 0) is 50.8 Å². The van der Waals surface area contributed by atoms with Gasteiger partial charge in [0.1, 0.15) is 6.04 Å². The lowest BCUT2D eigenvalue weighted by atomic mass is 9.96. The summed E-state index contributed by atoms with van der Waals surface area (Å²) in [6, 6.07) is 5.35. The maximum absolute atomic E-state index is 12.8. The molecular formula is C20H26N6O2. The monoisotopic (exact) mass is 382 g/mol. The van der Waals surface area contributed by atoms with Gasteiger partial charge in [0.15, 0.2) is 5.65 Å². The van der Waals surface area contributed by atoms with E-state index in [0.29, 0.717) is 32.1 Å². The van der Waals surface area contributed by atoms with Crippen molar-refractivity contribution in [3.63, 3.8) is 0 Å². The number of piperidine rings is 1. The van der Waals surface area contributed by atoms with Crippen molar-refractivity contribution < 1.29 is 4.79 Å². The molecule has 1 saturated heterocycles. The first-order valence-corrected chi connectivity index (χ1v) is 9.92. The number of nitrogens with zero attached hydrogens (tertiary/aromatic N) is 6. The number of amides is 1. The number of hydrogen-bond acceptors (Lipinski definition) is 4. The van der Waals surface area contributed by atoms with E-state index in [1.54, 1.807) is 26.2 Å². The molecule has 1 aliphatic rings. The molecule has 1 unspecified atom stereocenters. The minimum Gasteiger partial charge on any atom is -0.341 e. The molecule has 28 heavy (non-hydrogen) atoms. The molecule has 0 radical (unpaired) electrons. The molecule has 4 rings (SSSR count). The van der Waals surface area contributed by atoms with Gasteiger partial charge in [0, 0.05) is 44.8 Å². The van der Waals surface area contributed by atoms with Crippen LogP contribution in [-0.4, -0.2) is 47.8 Å². The molecule has 1 amide bonds. The van der Waals surface area contributed by atoms with Gasteiger partial charge in [0.2, 0.25) is 5.91 Å². The zero-order valence-electron chi connectivity index (χ0n) is 16.4. The van der Waals surface area contributed by atoms with Crippen LogP contribution in [0.4, 0.5) is 0 Å².